The molecule has 0 N–H and O–H groups in total. The number of imide groups is 1. The molecule has 1 fully saturated rings. The number of aryl methyl sites for hydroxylation is 3. The largest absolute Gasteiger partial charge is 0.491 e. The normalized spacial score (nSPS) is 14.9. The van der Waals surface area contributed by atoms with Crippen LogP contribution in [0.2, 0.25) is 0 Å². The Labute approximate surface area is 228 Å². The Hall–Kier alpha value is -3.08. The number of halogens is 1. The van der Waals surface area contributed by atoms with Gasteiger partial charge < -0.3 is 8.92 Å². The summed E-state index contributed by atoms with van der Waals surface area (Å²) in [7, 11) is -4.01. The van der Waals surface area contributed by atoms with Gasteiger partial charge in [0.2, 0.25) is 0 Å². The van der Waals surface area contributed by atoms with Crippen molar-refractivity contribution in [3.05, 3.63) is 92.3 Å². The summed E-state index contributed by atoms with van der Waals surface area (Å²) >= 11 is 4.18. The molecule has 0 saturated carbocycles. The molecule has 0 atom stereocenters. The van der Waals surface area contributed by atoms with E-state index < -0.39 is 16.0 Å². The van der Waals surface area contributed by atoms with E-state index in [9.17, 15) is 18.0 Å². The van der Waals surface area contributed by atoms with Gasteiger partial charge in [-0.15, -0.1) is 0 Å². The van der Waals surface area contributed by atoms with E-state index in [4.69, 9.17) is 8.92 Å². The summed E-state index contributed by atoms with van der Waals surface area (Å²) in [4.78, 5) is 26.8. The number of amides is 2. The van der Waals surface area contributed by atoms with Crippen LogP contribution in [0.5, 0.6) is 11.5 Å². The molecular weight excluding hydrogens is 578 g/mol. The number of ether oxygens (including phenoxy) is 1. The second-order valence-electron chi connectivity index (χ2n) is 8.49. The van der Waals surface area contributed by atoms with Gasteiger partial charge in [0.05, 0.1) is 15.9 Å². The minimum atomic E-state index is -4.01. The Bertz CT molecular complexity index is 1500. The molecule has 4 rings (SSSR count). The zero-order valence-electron chi connectivity index (χ0n) is 20.4. The highest BCUT2D eigenvalue weighted by molar-refractivity contribution is 9.10. The first kappa shape index (κ1) is 27.0. The fourth-order valence-corrected chi connectivity index (χ4v) is 5.90. The van der Waals surface area contributed by atoms with Crippen LogP contribution in [0.1, 0.15) is 22.3 Å². The Balaban J connectivity index is 1.42. The van der Waals surface area contributed by atoms with E-state index in [-0.39, 0.29) is 33.9 Å². The van der Waals surface area contributed by atoms with Gasteiger partial charge in [-0.25, -0.2) is 0 Å². The first-order valence-electron chi connectivity index (χ1n) is 11.3. The molecule has 192 valence electrons. The highest BCUT2D eigenvalue weighted by Gasteiger charge is 2.34. The molecule has 3 aromatic carbocycles. The molecule has 1 aliphatic heterocycles. The first-order chi connectivity index (χ1) is 17.5. The molecule has 0 aromatic heterocycles. The second kappa shape index (κ2) is 11.1. The minimum absolute atomic E-state index is 0.0456. The van der Waals surface area contributed by atoms with E-state index in [1.54, 1.807) is 30.3 Å². The van der Waals surface area contributed by atoms with Gasteiger partial charge >= 0.3 is 10.1 Å². The lowest BCUT2D eigenvalue weighted by atomic mass is 10.1. The number of hydrogen-bond acceptors (Lipinski definition) is 7. The number of nitrogens with zero attached hydrogens (tertiary/aromatic N) is 1. The molecule has 10 heteroatoms. The van der Waals surface area contributed by atoms with E-state index in [0.717, 1.165) is 39.1 Å². The third kappa shape index (κ3) is 6.44. The minimum Gasteiger partial charge on any atom is -0.491 e. The molecular formula is C27H24BrNO6S2. The Kier molecular flexibility index (Phi) is 8.11. The summed E-state index contributed by atoms with van der Waals surface area (Å²) < 4.78 is 36.7. The number of carbonyl (C=O) groups is 2. The van der Waals surface area contributed by atoms with Crippen LogP contribution in [0, 0.1) is 20.8 Å². The van der Waals surface area contributed by atoms with Crippen LogP contribution in [-0.2, 0) is 14.9 Å². The van der Waals surface area contributed by atoms with Crippen molar-refractivity contribution in [2.45, 2.75) is 25.7 Å². The summed E-state index contributed by atoms with van der Waals surface area (Å²) in [5, 5.41) is -0.371. The lowest BCUT2D eigenvalue weighted by molar-refractivity contribution is -0.123. The average molecular weight is 603 g/mol. The topological polar surface area (TPSA) is 90.0 Å². The van der Waals surface area contributed by atoms with Gasteiger partial charge in [0.15, 0.2) is 5.75 Å². The monoisotopic (exact) mass is 601 g/mol. The molecule has 1 aliphatic rings. The maximum atomic E-state index is 12.8. The molecule has 0 spiro atoms. The number of carbonyl (C=O) groups excluding carboxylic acids is 2. The first-order valence-corrected chi connectivity index (χ1v) is 14.3. The van der Waals surface area contributed by atoms with E-state index >= 15 is 0 Å². The summed E-state index contributed by atoms with van der Waals surface area (Å²) in [6, 6.07) is 16.9. The lowest BCUT2D eigenvalue weighted by Gasteiger charge is -2.14. The van der Waals surface area contributed by atoms with E-state index in [1.165, 1.54) is 18.2 Å². The predicted octanol–water partition coefficient (Wildman–Crippen LogP) is 6.26. The molecule has 37 heavy (non-hydrogen) atoms. The van der Waals surface area contributed by atoms with Gasteiger partial charge in [-0.3, -0.25) is 14.5 Å². The number of benzene rings is 3. The molecule has 7 nitrogen and oxygen atoms in total. The molecule has 0 aliphatic carbocycles. The SMILES string of the molecule is Cc1ccc(S(=O)(=O)Oc2ccc(/C=C3\SC(=O)N(CCOc4cc(C)ccc4C)C3=O)cc2Br)cc1. The van der Waals surface area contributed by atoms with Crippen molar-refractivity contribution >= 4 is 55.0 Å². The smallest absolute Gasteiger partial charge is 0.339 e. The fourth-order valence-electron chi connectivity index (χ4n) is 3.50. The van der Waals surface area contributed by atoms with Gasteiger partial charge in [0.25, 0.3) is 11.1 Å². The zero-order chi connectivity index (χ0) is 26.7. The number of rotatable bonds is 8. The van der Waals surface area contributed by atoms with Crippen LogP contribution >= 0.6 is 27.7 Å². The highest BCUT2D eigenvalue weighted by atomic mass is 79.9. The molecule has 1 saturated heterocycles. The summed E-state index contributed by atoms with van der Waals surface area (Å²) in [5.74, 6) is 0.423. The molecule has 2 amide bonds. The van der Waals surface area contributed by atoms with Crippen LogP contribution in [-0.4, -0.2) is 37.6 Å². The Morgan fingerprint density at radius 3 is 2.32 bits per heavy atom. The van der Waals surface area contributed by atoms with Crippen molar-refractivity contribution in [3.8, 4) is 11.5 Å². The van der Waals surface area contributed by atoms with Crippen molar-refractivity contribution in [1.82, 2.24) is 4.90 Å². The van der Waals surface area contributed by atoms with Crippen LogP contribution in [0.25, 0.3) is 6.08 Å². The average Bonchev–Trinajstić information content (AvgIpc) is 3.10. The van der Waals surface area contributed by atoms with Gasteiger partial charge in [-0.1, -0.05) is 35.9 Å². The summed E-state index contributed by atoms with van der Waals surface area (Å²) in [6.07, 6.45) is 1.58. The summed E-state index contributed by atoms with van der Waals surface area (Å²) in [6.45, 7) is 6.07. The van der Waals surface area contributed by atoms with Crippen molar-refractivity contribution in [3.63, 3.8) is 0 Å². The van der Waals surface area contributed by atoms with Gasteiger partial charge in [0.1, 0.15) is 17.3 Å². The quantitative estimate of drug-likeness (QED) is 0.222. The van der Waals surface area contributed by atoms with Crippen LogP contribution in [0.3, 0.4) is 0 Å². The Morgan fingerprint density at radius 1 is 0.919 bits per heavy atom. The van der Waals surface area contributed by atoms with Crippen molar-refractivity contribution in [2.24, 2.45) is 0 Å². The van der Waals surface area contributed by atoms with Gasteiger partial charge in [0, 0.05) is 0 Å². The second-order valence-corrected chi connectivity index (χ2v) is 11.9. The molecule has 0 unspecified atom stereocenters. The van der Waals surface area contributed by atoms with E-state index in [0.29, 0.717) is 10.0 Å². The fraction of sp³-hybridized carbons (Fsp3) is 0.185. The van der Waals surface area contributed by atoms with Gasteiger partial charge in [-0.2, -0.15) is 8.42 Å². The van der Waals surface area contributed by atoms with Crippen molar-refractivity contribution in [1.29, 1.82) is 0 Å². The van der Waals surface area contributed by atoms with E-state index in [2.05, 4.69) is 15.9 Å². The number of thioether (sulfide) groups is 1. The third-order valence-corrected chi connectivity index (χ3v) is 8.33. The van der Waals surface area contributed by atoms with Crippen molar-refractivity contribution < 1.29 is 26.9 Å². The van der Waals surface area contributed by atoms with Crippen LogP contribution in [0.15, 0.2) is 74.9 Å². The highest BCUT2D eigenvalue weighted by Crippen LogP contribution is 2.34. The molecule has 0 bridgehead atoms. The predicted molar refractivity (Wildman–Crippen MR) is 147 cm³/mol. The number of hydrogen-bond donors (Lipinski definition) is 0. The third-order valence-electron chi connectivity index (χ3n) is 5.55. The van der Waals surface area contributed by atoms with E-state index in [1.807, 2.05) is 39.0 Å². The molecule has 0 radical (unpaired) electrons. The zero-order valence-corrected chi connectivity index (χ0v) is 23.6. The standard InChI is InChI=1S/C27H24BrNO6S2/c1-17-5-9-21(10-6-17)37(32,33)35-23-11-8-20(15-22(23)28)16-25-26(30)29(27(31)36-25)12-13-34-24-14-18(2)4-7-19(24)3/h4-11,14-16H,12-13H2,1-3H3/b25-16-. The maximum Gasteiger partial charge on any atom is 0.339 e. The van der Waals surface area contributed by atoms with Crippen LogP contribution < -0.4 is 8.92 Å². The Morgan fingerprint density at radius 2 is 1.62 bits per heavy atom. The lowest BCUT2D eigenvalue weighted by Crippen LogP contribution is -2.32. The van der Waals surface area contributed by atoms with Crippen LogP contribution in [0.4, 0.5) is 4.79 Å². The maximum absolute atomic E-state index is 12.8. The van der Waals surface area contributed by atoms with Crippen molar-refractivity contribution in [2.75, 3.05) is 13.2 Å². The molecule has 1 heterocycles. The van der Waals surface area contributed by atoms with Gasteiger partial charge in [-0.05, 0) is 102 Å². The molecule has 3 aromatic rings. The summed E-state index contributed by atoms with van der Waals surface area (Å²) in [5.41, 5.74) is 3.57.